The lowest BCUT2D eigenvalue weighted by molar-refractivity contribution is 0.0943. The van der Waals surface area contributed by atoms with E-state index in [0.29, 0.717) is 6.04 Å². The predicted molar refractivity (Wildman–Crippen MR) is 62.4 cm³/mol. The molecule has 2 rings (SSSR count). The summed E-state index contributed by atoms with van der Waals surface area (Å²) in [6, 6.07) is 2.34. The van der Waals surface area contributed by atoms with E-state index in [9.17, 15) is 4.79 Å². The summed E-state index contributed by atoms with van der Waals surface area (Å²) >= 11 is 1.53. The number of hydrogen-bond acceptors (Lipinski definition) is 3. The van der Waals surface area contributed by atoms with Crippen molar-refractivity contribution in [1.82, 2.24) is 10.6 Å². The first kappa shape index (κ1) is 10.6. The van der Waals surface area contributed by atoms with Gasteiger partial charge < -0.3 is 10.6 Å². The number of aryl methyl sites for hydroxylation is 1. The zero-order valence-corrected chi connectivity index (χ0v) is 9.69. The molecule has 1 aromatic heterocycles. The molecule has 0 spiro atoms. The van der Waals surface area contributed by atoms with Gasteiger partial charge in [-0.25, -0.2) is 0 Å². The van der Waals surface area contributed by atoms with Gasteiger partial charge in [0.25, 0.3) is 5.91 Å². The fraction of sp³-hybridized carbons (Fsp3) is 0.545. The number of carbonyl (C=O) groups is 1. The van der Waals surface area contributed by atoms with Gasteiger partial charge in [-0.15, -0.1) is 11.3 Å². The summed E-state index contributed by atoms with van der Waals surface area (Å²) < 4.78 is 0. The maximum atomic E-state index is 11.9. The Morgan fingerprint density at radius 2 is 2.60 bits per heavy atom. The van der Waals surface area contributed by atoms with Crippen molar-refractivity contribution in [2.24, 2.45) is 0 Å². The van der Waals surface area contributed by atoms with Crippen LogP contribution in [-0.2, 0) is 6.42 Å². The fourth-order valence-electron chi connectivity index (χ4n) is 1.84. The van der Waals surface area contributed by atoms with Crippen molar-refractivity contribution >= 4 is 17.2 Å². The molecule has 15 heavy (non-hydrogen) atoms. The van der Waals surface area contributed by atoms with Crippen LogP contribution >= 0.6 is 11.3 Å². The van der Waals surface area contributed by atoms with Gasteiger partial charge >= 0.3 is 0 Å². The Balaban J connectivity index is 2.00. The van der Waals surface area contributed by atoms with Crippen LogP contribution in [0.1, 0.15) is 28.6 Å². The zero-order chi connectivity index (χ0) is 10.7. The molecule has 1 aliphatic heterocycles. The minimum Gasteiger partial charge on any atom is -0.347 e. The molecule has 1 saturated heterocycles. The van der Waals surface area contributed by atoms with E-state index in [-0.39, 0.29) is 5.91 Å². The molecule has 1 atom stereocenters. The summed E-state index contributed by atoms with van der Waals surface area (Å²) in [5.41, 5.74) is 1.16. The highest BCUT2D eigenvalue weighted by atomic mass is 32.1. The highest BCUT2D eigenvalue weighted by molar-refractivity contribution is 7.12. The van der Waals surface area contributed by atoms with Crippen molar-refractivity contribution in [3.8, 4) is 0 Å². The first-order valence-corrected chi connectivity index (χ1v) is 6.27. The van der Waals surface area contributed by atoms with Gasteiger partial charge in [0, 0.05) is 12.6 Å². The van der Waals surface area contributed by atoms with Gasteiger partial charge in [0.1, 0.15) is 0 Å². The first-order valence-electron chi connectivity index (χ1n) is 5.39. The van der Waals surface area contributed by atoms with Crippen molar-refractivity contribution in [1.29, 1.82) is 0 Å². The van der Waals surface area contributed by atoms with Crippen molar-refractivity contribution < 1.29 is 4.79 Å². The lowest BCUT2D eigenvalue weighted by atomic mass is 10.2. The number of rotatable bonds is 3. The summed E-state index contributed by atoms with van der Waals surface area (Å²) in [4.78, 5) is 12.8. The monoisotopic (exact) mass is 224 g/mol. The molecule has 0 saturated carbocycles. The van der Waals surface area contributed by atoms with E-state index in [1.807, 2.05) is 11.4 Å². The van der Waals surface area contributed by atoms with E-state index < -0.39 is 0 Å². The van der Waals surface area contributed by atoms with E-state index in [0.717, 1.165) is 36.4 Å². The highest BCUT2D eigenvalue weighted by Crippen LogP contribution is 2.17. The third-order valence-electron chi connectivity index (χ3n) is 2.73. The largest absolute Gasteiger partial charge is 0.347 e. The Kier molecular flexibility index (Phi) is 3.38. The van der Waals surface area contributed by atoms with Gasteiger partial charge in [0.15, 0.2) is 0 Å². The molecule has 0 bridgehead atoms. The van der Waals surface area contributed by atoms with E-state index in [1.54, 1.807) is 0 Å². The van der Waals surface area contributed by atoms with Crippen molar-refractivity contribution in [3.63, 3.8) is 0 Å². The van der Waals surface area contributed by atoms with Crippen LogP contribution in [0.4, 0.5) is 0 Å². The third kappa shape index (κ3) is 2.38. The molecule has 1 unspecified atom stereocenters. The third-order valence-corrected chi connectivity index (χ3v) is 3.68. The molecular formula is C11H16N2OS. The summed E-state index contributed by atoms with van der Waals surface area (Å²) in [7, 11) is 0. The molecule has 82 valence electrons. The van der Waals surface area contributed by atoms with Crippen molar-refractivity contribution in [3.05, 3.63) is 21.9 Å². The molecule has 3 nitrogen and oxygen atoms in total. The number of carbonyl (C=O) groups excluding carboxylic acids is 1. The molecule has 1 amide bonds. The molecule has 0 aliphatic carbocycles. The first-order chi connectivity index (χ1) is 7.31. The number of amides is 1. The number of nitrogens with one attached hydrogen (secondary N) is 2. The fourth-order valence-corrected chi connectivity index (χ4v) is 2.74. The molecule has 1 fully saturated rings. The lowest BCUT2D eigenvalue weighted by Crippen LogP contribution is -2.36. The smallest absolute Gasteiger partial charge is 0.261 e. The standard InChI is InChI=1S/C11H16N2OS/c1-2-8-4-6-15-10(8)11(14)13-9-3-5-12-7-9/h4,6,9,12H,2-3,5,7H2,1H3,(H,13,14). The van der Waals surface area contributed by atoms with Crippen molar-refractivity contribution in [2.45, 2.75) is 25.8 Å². The minimum atomic E-state index is 0.0931. The predicted octanol–water partition coefficient (Wildman–Crippen LogP) is 1.40. The van der Waals surface area contributed by atoms with Crippen LogP contribution < -0.4 is 10.6 Å². The van der Waals surface area contributed by atoms with Crippen LogP contribution in [-0.4, -0.2) is 25.0 Å². The Hall–Kier alpha value is -0.870. The minimum absolute atomic E-state index is 0.0931. The normalized spacial score (nSPS) is 20.5. The highest BCUT2D eigenvalue weighted by Gasteiger charge is 2.19. The van der Waals surface area contributed by atoms with E-state index in [4.69, 9.17) is 0 Å². The van der Waals surface area contributed by atoms with E-state index in [1.165, 1.54) is 11.3 Å². The van der Waals surface area contributed by atoms with Gasteiger partial charge in [0.2, 0.25) is 0 Å². The Morgan fingerprint density at radius 3 is 3.27 bits per heavy atom. The second-order valence-electron chi connectivity index (χ2n) is 3.79. The summed E-state index contributed by atoms with van der Waals surface area (Å²) in [6.07, 6.45) is 1.97. The molecule has 0 radical (unpaired) electrons. The SMILES string of the molecule is CCc1ccsc1C(=O)NC1CCNC1. The van der Waals surface area contributed by atoms with Crippen LogP contribution in [0.2, 0.25) is 0 Å². The summed E-state index contributed by atoms with van der Waals surface area (Å²) in [6.45, 7) is 3.99. The molecule has 2 heterocycles. The second kappa shape index (κ2) is 4.77. The summed E-state index contributed by atoms with van der Waals surface area (Å²) in [5.74, 6) is 0.0931. The zero-order valence-electron chi connectivity index (χ0n) is 8.88. The Labute approximate surface area is 93.9 Å². The molecular weight excluding hydrogens is 208 g/mol. The van der Waals surface area contributed by atoms with Gasteiger partial charge in [0.05, 0.1) is 4.88 Å². The van der Waals surface area contributed by atoms with Gasteiger partial charge in [-0.1, -0.05) is 6.92 Å². The quantitative estimate of drug-likeness (QED) is 0.815. The second-order valence-corrected chi connectivity index (χ2v) is 4.71. The average molecular weight is 224 g/mol. The maximum Gasteiger partial charge on any atom is 0.261 e. The van der Waals surface area contributed by atoms with Crippen LogP contribution in [0.3, 0.4) is 0 Å². The molecule has 1 aliphatic rings. The maximum absolute atomic E-state index is 11.9. The molecule has 0 aromatic carbocycles. The van der Waals surface area contributed by atoms with Crippen LogP contribution in [0.15, 0.2) is 11.4 Å². The van der Waals surface area contributed by atoms with Crippen LogP contribution in [0, 0.1) is 0 Å². The molecule has 1 aromatic rings. The van der Waals surface area contributed by atoms with Crippen molar-refractivity contribution in [2.75, 3.05) is 13.1 Å². The van der Waals surface area contributed by atoms with Gasteiger partial charge in [-0.3, -0.25) is 4.79 Å². The lowest BCUT2D eigenvalue weighted by Gasteiger charge is -2.10. The van der Waals surface area contributed by atoms with Crippen LogP contribution in [0.25, 0.3) is 0 Å². The average Bonchev–Trinajstić information content (AvgIpc) is 2.86. The topological polar surface area (TPSA) is 41.1 Å². The van der Waals surface area contributed by atoms with E-state index in [2.05, 4.69) is 17.6 Å². The van der Waals surface area contributed by atoms with E-state index >= 15 is 0 Å². The Morgan fingerprint density at radius 1 is 1.73 bits per heavy atom. The van der Waals surface area contributed by atoms with Gasteiger partial charge in [-0.2, -0.15) is 0 Å². The molecule has 4 heteroatoms. The molecule has 2 N–H and O–H groups in total. The number of thiophene rings is 1. The Bertz CT molecular complexity index is 342. The summed E-state index contributed by atoms with van der Waals surface area (Å²) in [5, 5.41) is 8.29. The van der Waals surface area contributed by atoms with Gasteiger partial charge in [-0.05, 0) is 36.4 Å². The van der Waals surface area contributed by atoms with Crippen LogP contribution in [0.5, 0.6) is 0 Å². The number of hydrogen-bond donors (Lipinski definition) is 2.